The molecule has 0 amide bonds. The number of aliphatic hydroxyl groups is 1. The number of non-ortho nitro benzene ring substituents is 1. The minimum Gasteiger partial charge on any atom is -0.387 e. The quantitative estimate of drug-likeness (QED) is 0.636. The molecule has 2 atom stereocenters. The van der Waals surface area contributed by atoms with Crippen molar-refractivity contribution in [2.45, 2.75) is 24.0 Å². The molecule has 0 aliphatic rings. The third-order valence-corrected chi connectivity index (χ3v) is 5.85. The predicted molar refractivity (Wildman–Crippen MR) is 88.9 cm³/mol. The standard InChI is InChI=1S/C16H18N2O5S/c1-12(16(19)13-6-4-3-5-7-13)17(2)24(22,23)15-10-8-14(9-11-15)18(20)21/h3-12,16,19H,1-2H3/t12-,16+/m1/s1. The van der Waals surface area contributed by atoms with Crippen molar-refractivity contribution in [2.75, 3.05) is 7.05 Å². The maximum atomic E-state index is 12.6. The number of hydrogen-bond acceptors (Lipinski definition) is 5. The van der Waals surface area contributed by atoms with Crippen molar-refractivity contribution < 1.29 is 18.4 Å². The van der Waals surface area contributed by atoms with E-state index in [0.717, 1.165) is 16.4 Å². The zero-order valence-electron chi connectivity index (χ0n) is 13.2. The first-order chi connectivity index (χ1) is 11.2. The SMILES string of the molecule is C[C@H]([C@H](O)c1ccccc1)N(C)S(=O)(=O)c1ccc([N+](=O)[O-])cc1. The summed E-state index contributed by atoms with van der Waals surface area (Å²) in [5.41, 5.74) is 0.421. The van der Waals surface area contributed by atoms with Crippen LogP contribution in [-0.2, 0) is 10.0 Å². The van der Waals surface area contributed by atoms with Crippen molar-refractivity contribution in [1.29, 1.82) is 0 Å². The van der Waals surface area contributed by atoms with Crippen LogP contribution in [0.15, 0.2) is 59.5 Å². The topological polar surface area (TPSA) is 101 Å². The van der Waals surface area contributed by atoms with Crippen LogP contribution >= 0.6 is 0 Å². The lowest BCUT2D eigenvalue weighted by atomic mass is 10.0. The molecule has 0 aliphatic carbocycles. The fourth-order valence-electron chi connectivity index (χ4n) is 2.25. The summed E-state index contributed by atoms with van der Waals surface area (Å²) in [7, 11) is -2.51. The van der Waals surface area contributed by atoms with E-state index in [1.807, 2.05) is 0 Å². The highest BCUT2D eigenvalue weighted by Gasteiger charge is 2.30. The molecule has 0 radical (unpaired) electrons. The lowest BCUT2D eigenvalue weighted by Crippen LogP contribution is -2.39. The summed E-state index contributed by atoms with van der Waals surface area (Å²) >= 11 is 0. The molecule has 2 rings (SSSR count). The Morgan fingerprint density at radius 2 is 1.62 bits per heavy atom. The van der Waals surface area contributed by atoms with Crippen LogP contribution < -0.4 is 0 Å². The average molecular weight is 350 g/mol. The molecule has 0 heterocycles. The molecule has 0 unspecified atom stereocenters. The number of nitro benzene ring substituents is 1. The van der Waals surface area contributed by atoms with Crippen molar-refractivity contribution in [3.63, 3.8) is 0 Å². The van der Waals surface area contributed by atoms with Crippen molar-refractivity contribution in [3.8, 4) is 0 Å². The number of aliphatic hydroxyl groups excluding tert-OH is 1. The predicted octanol–water partition coefficient (Wildman–Crippen LogP) is 2.34. The molecule has 1 N–H and O–H groups in total. The number of benzene rings is 2. The Morgan fingerprint density at radius 1 is 1.08 bits per heavy atom. The minimum atomic E-state index is -3.88. The van der Waals surface area contributed by atoms with Gasteiger partial charge in [0, 0.05) is 19.2 Å². The maximum absolute atomic E-state index is 12.6. The van der Waals surface area contributed by atoms with E-state index >= 15 is 0 Å². The molecule has 0 aromatic heterocycles. The molecule has 0 saturated carbocycles. The summed E-state index contributed by atoms with van der Waals surface area (Å²) < 4.78 is 26.3. The highest BCUT2D eigenvalue weighted by molar-refractivity contribution is 7.89. The third-order valence-electron chi connectivity index (χ3n) is 3.90. The maximum Gasteiger partial charge on any atom is 0.269 e. The van der Waals surface area contributed by atoms with Gasteiger partial charge in [0.15, 0.2) is 0 Å². The second-order valence-corrected chi connectivity index (χ2v) is 7.37. The van der Waals surface area contributed by atoms with Crippen LogP contribution in [0, 0.1) is 10.1 Å². The number of rotatable bonds is 6. The van der Waals surface area contributed by atoms with Crippen LogP contribution in [0.5, 0.6) is 0 Å². The van der Waals surface area contributed by atoms with E-state index in [9.17, 15) is 23.6 Å². The van der Waals surface area contributed by atoms with E-state index in [4.69, 9.17) is 0 Å². The third kappa shape index (κ3) is 3.61. The second kappa shape index (κ2) is 7.08. The fourth-order valence-corrected chi connectivity index (χ4v) is 3.62. The molecule has 0 aliphatic heterocycles. The second-order valence-electron chi connectivity index (χ2n) is 5.37. The van der Waals surface area contributed by atoms with Crippen LogP contribution in [0.3, 0.4) is 0 Å². The molecule has 2 aromatic carbocycles. The molecule has 0 spiro atoms. The van der Waals surface area contributed by atoms with Gasteiger partial charge >= 0.3 is 0 Å². The van der Waals surface area contributed by atoms with Gasteiger partial charge in [-0.2, -0.15) is 4.31 Å². The fraction of sp³-hybridized carbons (Fsp3) is 0.250. The van der Waals surface area contributed by atoms with Crippen LogP contribution in [0.4, 0.5) is 5.69 Å². The number of likely N-dealkylation sites (N-methyl/N-ethyl adjacent to an activating group) is 1. The molecule has 0 saturated heterocycles. The summed E-state index contributed by atoms with van der Waals surface area (Å²) in [6.45, 7) is 1.60. The first kappa shape index (κ1) is 18.1. The summed E-state index contributed by atoms with van der Waals surface area (Å²) in [5, 5.41) is 21.1. The summed E-state index contributed by atoms with van der Waals surface area (Å²) in [6.07, 6.45) is -0.996. The van der Waals surface area contributed by atoms with Crippen molar-refractivity contribution >= 4 is 15.7 Å². The molecule has 24 heavy (non-hydrogen) atoms. The summed E-state index contributed by atoms with van der Waals surface area (Å²) in [4.78, 5) is 10.0. The van der Waals surface area contributed by atoms with Gasteiger partial charge in [-0.3, -0.25) is 10.1 Å². The van der Waals surface area contributed by atoms with Gasteiger partial charge < -0.3 is 5.11 Å². The molecule has 7 nitrogen and oxygen atoms in total. The minimum absolute atomic E-state index is 0.0669. The molecule has 0 bridgehead atoms. The van der Waals surface area contributed by atoms with Gasteiger partial charge in [0.2, 0.25) is 10.0 Å². The summed E-state index contributed by atoms with van der Waals surface area (Å²) in [6, 6.07) is 12.7. The first-order valence-electron chi connectivity index (χ1n) is 7.20. The Balaban J connectivity index is 2.26. The van der Waals surface area contributed by atoms with Crippen molar-refractivity contribution in [1.82, 2.24) is 4.31 Å². The van der Waals surface area contributed by atoms with Crippen molar-refractivity contribution in [3.05, 3.63) is 70.3 Å². The number of nitrogens with zero attached hydrogens (tertiary/aromatic N) is 2. The van der Waals surface area contributed by atoms with Gasteiger partial charge in [0.1, 0.15) is 0 Å². The lowest BCUT2D eigenvalue weighted by molar-refractivity contribution is -0.384. The lowest BCUT2D eigenvalue weighted by Gasteiger charge is -2.28. The Kier molecular flexibility index (Phi) is 5.33. The van der Waals surface area contributed by atoms with Crippen LogP contribution in [-0.4, -0.2) is 35.8 Å². The number of sulfonamides is 1. The Labute approximate surface area is 140 Å². The van der Waals surface area contributed by atoms with E-state index in [-0.39, 0.29) is 10.6 Å². The van der Waals surface area contributed by atoms with Gasteiger partial charge in [0.05, 0.1) is 22.0 Å². The molecule has 8 heteroatoms. The Bertz CT molecular complexity index is 806. The van der Waals surface area contributed by atoms with Crippen LogP contribution in [0.2, 0.25) is 0 Å². The van der Waals surface area contributed by atoms with Crippen molar-refractivity contribution in [2.24, 2.45) is 0 Å². The zero-order valence-corrected chi connectivity index (χ0v) is 14.1. The average Bonchev–Trinajstić information content (AvgIpc) is 2.60. The van der Waals surface area contributed by atoms with Crippen LogP contribution in [0.1, 0.15) is 18.6 Å². The molecule has 128 valence electrons. The first-order valence-corrected chi connectivity index (χ1v) is 8.64. The van der Waals surface area contributed by atoms with Gasteiger partial charge in [-0.05, 0) is 24.6 Å². The Morgan fingerprint density at radius 3 is 2.12 bits per heavy atom. The zero-order chi connectivity index (χ0) is 17.9. The van der Waals surface area contributed by atoms with E-state index < -0.39 is 27.1 Å². The number of hydrogen-bond donors (Lipinski definition) is 1. The van der Waals surface area contributed by atoms with E-state index in [1.54, 1.807) is 37.3 Å². The molecular formula is C16H18N2O5S. The summed E-state index contributed by atoms with van der Waals surface area (Å²) in [5.74, 6) is 0. The smallest absolute Gasteiger partial charge is 0.269 e. The largest absolute Gasteiger partial charge is 0.387 e. The van der Waals surface area contributed by atoms with Gasteiger partial charge in [-0.25, -0.2) is 8.42 Å². The van der Waals surface area contributed by atoms with E-state index in [2.05, 4.69) is 0 Å². The molecule has 2 aromatic rings. The van der Waals surface area contributed by atoms with Gasteiger partial charge in [-0.1, -0.05) is 30.3 Å². The van der Waals surface area contributed by atoms with E-state index in [1.165, 1.54) is 19.2 Å². The Hall–Kier alpha value is -2.29. The number of nitro groups is 1. The molecular weight excluding hydrogens is 332 g/mol. The monoisotopic (exact) mass is 350 g/mol. The molecule has 0 fully saturated rings. The van der Waals surface area contributed by atoms with Gasteiger partial charge in [0.25, 0.3) is 5.69 Å². The van der Waals surface area contributed by atoms with Gasteiger partial charge in [-0.15, -0.1) is 0 Å². The van der Waals surface area contributed by atoms with E-state index in [0.29, 0.717) is 5.56 Å². The highest BCUT2D eigenvalue weighted by atomic mass is 32.2. The highest BCUT2D eigenvalue weighted by Crippen LogP contribution is 2.25. The van der Waals surface area contributed by atoms with Crippen LogP contribution in [0.25, 0.3) is 0 Å². The normalized spacial score (nSPS) is 14.3.